The summed E-state index contributed by atoms with van der Waals surface area (Å²) in [6, 6.07) is 1.94. The van der Waals surface area contributed by atoms with Crippen molar-refractivity contribution in [1.82, 2.24) is 14.7 Å². The van der Waals surface area contributed by atoms with Crippen LogP contribution in [-0.2, 0) is 13.0 Å². The maximum Gasteiger partial charge on any atom is 0.272 e. The first-order valence-corrected chi connectivity index (χ1v) is 7.98. The number of carbonyl (C=O) groups is 1. The van der Waals surface area contributed by atoms with Crippen molar-refractivity contribution in [3.8, 4) is 0 Å². The van der Waals surface area contributed by atoms with E-state index in [2.05, 4.69) is 34.9 Å². The molecule has 2 heterocycles. The molecule has 0 bridgehead atoms. The van der Waals surface area contributed by atoms with Gasteiger partial charge in [-0.2, -0.15) is 5.10 Å². The zero-order valence-electron chi connectivity index (χ0n) is 11.9. The fourth-order valence-corrected chi connectivity index (χ4v) is 3.04. The van der Waals surface area contributed by atoms with Crippen LogP contribution in [0.15, 0.2) is 6.07 Å². The number of hydrogen-bond acceptors (Lipinski definition) is 2. The predicted octanol–water partition coefficient (Wildman–Crippen LogP) is 2.71. The van der Waals surface area contributed by atoms with Crippen LogP contribution in [0.4, 0.5) is 0 Å². The van der Waals surface area contributed by atoms with Gasteiger partial charge in [0.25, 0.3) is 5.91 Å². The van der Waals surface area contributed by atoms with Crippen molar-refractivity contribution in [2.45, 2.75) is 45.0 Å². The number of hydrogen-bond donors (Lipinski definition) is 0. The summed E-state index contributed by atoms with van der Waals surface area (Å²) in [6.07, 6.45) is 1.92. The summed E-state index contributed by atoms with van der Waals surface area (Å²) in [5.74, 6) is 0.747. The summed E-state index contributed by atoms with van der Waals surface area (Å²) >= 11 is 3.67. The summed E-state index contributed by atoms with van der Waals surface area (Å²) in [7, 11) is 0. The van der Waals surface area contributed by atoms with E-state index < -0.39 is 0 Å². The Balaban J connectivity index is 2.17. The smallest absolute Gasteiger partial charge is 0.272 e. The van der Waals surface area contributed by atoms with Crippen molar-refractivity contribution in [2.24, 2.45) is 5.92 Å². The molecular formula is C14H22BrN3O. The Morgan fingerprint density at radius 2 is 2.26 bits per heavy atom. The van der Waals surface area contributed by atoms with E-state index in [1.54, 1.807) is 0 Å². The minimum atomic E-state index is 0.116. The van der Waals surface area contributed by atoms with Gasteiger partial charge in [0.1, 0.15) is 5.69 Å². The summed E-state index contributed by atoms with van der Waals surface area (Å²) in [5.41, 5.74) is 1.72. The van der Waals surface area contributed by atoms with Crippen molar-refractivity contribution in [1.29, 1.82) is 0 Å². The Morgan fingerprint density at radius 1 is 1.53 bits per heavy atom. The molecule has 1 amide bonds. The van der Waals surface area contributed by atoms with E-state index in [0.717, 1.165) is 43.9 Å². The molecule has 5 heteroatoms. The number of rotatable bonds is 3. The minimum absolute atomic E-state index is 0.116. The zero-order chi connectivity index (χ0) is 14.0. The highest BCUT2D eigenvalue weighted by atomic mass is 79.9. The lowest BCUT2D eigenvalue weighted by Gasteiger charge is -2.34. The molecule has 1 aliphatic heterocycles. The van der Waals surface area contributed by atoms with Gasteiger partial charge in [-0.3, -0.25) is 9.48 Å². The third kappa shape index (κ3) is 3.02. The van der Waals surface area contributed by atoms with Gasteiger partial charge in [-0.15, -0.1) is 0 Å². The molecule has 1 aromatic heterocycles. The molecule has 0 aliphatic carbocycles. The molecule has 4 nitrogen and oxygen atoms in total. The van der Waals surface area contributed by atoms with Crippen molar-refractivity contribution in [3.05, 3.63) is 17.5 Å². The van der Waals surface area contributed by atoms with Gasteiger partial charge in [-0.05, 0) is 31.7 Å². The number of carbonyl (C=O) groups excluding carboxylic acids is 1. The largest absolute Gasteiger partial charge is 0.336 e. The van der Waals surface area contributed by atoms with Crippen LogP contribution in [0.25, 0.3) is 0 Å². The van der Waals surface area contributed by atoms with E-state index in [-0.39, 0.29) is 5.91 Å². The van der Waals surface area contributed by atoms with Crippen LogP contribution in [0, 0.1) is 5.92 Å². The van der Waals surface area contributed by atoms with Crippen LogP contribution in [-0.4, -0.2) is 38.5 Å². The van der Waals surface area contributed by atoms with Gasteiger partial charge in [-0.25, -0.2) is 0 Å². The van der Waals surface area contributed by atoms with E-state index in [4.69, 9.17) is 0 Å². The maximum absolute atomic E-state index is 12.6. The first kappa shape index (κ1) is 14.6. The molecule has 106 valence electrons. The van der Waals surface area contributed by atoms with Gasteiger partial charge in [0.05, 0.1) is 5.69 Å². The van der Waals surface area contributed by atoms with Crippen molar-refractivity contribution >= 4 is 21.8 Å². The van der Waals surface area contributed by atoms with Crippen LogP contribution < -0.4 is 0 Å². The maximum atomic E-state index is 12.6. The number of aromatic nitrogens is 2. The van der Waals surface area contributed by atoms with Crippen LogP contribution >= 0.6 is 15.9 Å². The van der Waals surface area contributed by atoms with Gasteiger partial charge in [0.2, 0.25) is 0 Å². The zero-order valence-corrected chi connectivity index (χ0v) is 13.5. The Bertz CT molecular complexity index is 458. The van der Waals surface area contributed by atoms with E-state index in [9.17, 15) is 4.79 Å². The summed E-state index contributed by atoms with van der Waals surface area (Å²) < 4.78 is 1.82. The Labute approximate surface area is 123 Å². The number of nitrogens with zero attached hydrogens (tertiary/aromatic N) is 3. The number of alkyl halides is 1. The Morgan fingerprint density at radius 3 is 2.84 bits per heavy atom. The van der Waals surface area contributed by atoms with E-state index in [1.165, 1.54) is 0 Å². The number of halogens is 1. The standard InChI is InChI=1S/C14H22BrN3O/c1-4-11-8-13(18(5-2)16-11)14(19)17-7-6-10(3)12(15)9-17/h8,10,12H,4-7,9H2,1-3H3. The van der Waals surface area contributed by atoms with E-state index in [1.807, 2.05) is 22.6 Å². The molecule has 0 spiro atoms. The molecule has 0 radical (unpaired) electrons. The van der Waals surface area contributed by atoms with Gasteiger partial charge >= 0.3 is 0 Å². The number of amides is 1. The van der Waals surface area contributed by atoms with E-state index >= 15 is 0 Å². The summed E-state index contributed by atoms with van der Waals surface area (Å²) in [4.78, 5) is 14.9. The molecule has 0 N–H and O–H groups in total. The molecule has 1 saturated heterocycles. The molecular weight excluding hydrogens is 306 g/mol. The lowest BCUT2D eigenvalue weighted by molar-refractivity contribution is 0.0693. The highest BCUT2D eigenvalue weighted by Crippen LogP contribution is 2.24. The fourth-order valence-electron chi connectivity index (χ4n) is 2.42. The van der Waals surface area contributed by atoms with Crippen LogP contribution in [0.2, 0.25) is 0 Å². The second-order valence-corrected chi connectivity index (χ2v) is 6.40. The highest BCUT2D eigenvalue weighted by Gasteiger charge is 2.29. The quantitative estimate of drug-likeness (QED) is 0.800. The van der Waals surface area contributed by atoms with E-state index in [0.29, 0.717) is 10.7 Å². The normalized spacial score (nSPS) is 23.7. The van der Waals surface area contributed by atoms with Crippen LogP contribution in [0.3, 0.4) is 0 Å². The van der Waals surface area contributed by atoms with Crippen molar-refractivity contribution < 1.29 is 4.79 Å². The molecule has 0 saturated carbocycles. The molecule has 1 aliphatic rings. The number of piperidine rings is 1. The Hall–Kier alpha value is -0.840. The summed E-state index contributed by atoms with van der Waals surface area (Å²) in [6.45, 7) is 8.69. The molecule has 2 rings (SSSR count). The molecule has 1 fully saturated rings. The third-order valence-electron chi connectivity index (χ3n) is 3.87. The lowest BCUT2D eigenvalue weighted by atomic mass is 9.99. The second kappa shape index (κ2) is 6.07. The molecule has 2 atom stereocenters. The molecule has 19 heavy (non-hydrogen) atoms. The Kier molecular flexibility index (Phi) is 4.66. The average Bonchev–Trinajstić information content (AvgIpc) is 2.84. The SMILES string of the molecule is CCc1cc(C(=O)N2CCC(C)C(Br)C2)n(CC)n1. The predicted molar refractivity (Wildman–Crippen MR) is 79.7 cm³/mol. The topological polar surface area (TPSA) is 38.1 Å². The first-order valence-electron chi connectivity index (χ1n) is 7.06. The number of likely N-dealkylation sites (tertiary alicyclic amines) is 1. The van der Waals surface area contributed by atoms with Gasteiger partial charge in [-0.1, -0.05) is 29.8 Å². The van der Waals surface area contributed by atoms with Gasteiger partial charge < -0.3 is 4.90 Å². The van der Waals surface area contributed by atoms with Gasteiger partial charge in [0.15, 0.2) is 0 Å². The first-order chi connectivity index (χ1) is 9.06. The molecule has 2 unspecified atom stereocenters. The molecule has 1 aromatic rings. The number of aryl methyl sites for hydroxylation is 2. The third-order valence-corrected chi connectivity index (χ3v) is 5.06. The van der Waals surface area contributed by atoms with Crippen LogP contribution in [0.1, 0.15) is 43.4 Å². The van der Waals surface area contributed by atoms with Gasteiger partial charge in [0, 0.05) is 24.5 Å². The monoisotopic (exact) mass is 327 g/mol. The molecule has 0 aromatic carbocycles. The van der Waals surface area contributed by atoms with Crippen molar-refractivity contribution in [3.63, 3.8) is 0 Å². The lowest BCUT2D eigenvalue weighted by Crippen LogP contribution is -2.44. The highest BCUT2D eigenvalue weighted by molar-refractivity contribution is 9.09. The second-order valence-electron chi connectivity index (χ2n) is 5.22. The minimum Gasteiger partial charge on any atom is -0.336 e. The summed E-state index contributed by atoms with van der Waals surface area (Å²) in [5, 5.41) is 4.45. The fraction of sp³-hybridized carbons (Fsp3) is 0.714. The van der Waals surface area contributed by atoms with Crippen molar-refractivity contribution in [2.75, 3.05) is 13.1 Å². The van der Waals surface area contributed by atoms with Crippen LogP contribution in [0.5, 0.6) is 0 Å². The average molecular weight is 328 g/mol.